The molecule has 0 N–H and O–H groups in total. The number of benzene rings is 2. The van der Waals surface area contributed by atoms with E-state index in [1.165, 1.54) is 0 Å². The minimum Gasteiger partial charge on any atom is -0.447 e. The average Bonchev–Trinajstić information content (AvgIpc) is 3.12. The van der Waals surface area contributed by atoms with E-state index in [4.69, 9.17) is 9.47 Å². The Morgan fingerprint density at radius 1 is 0.969 bits per heavy atom. The molecule has 1 amide bonds. The van der Waals surface area contributed by atoms with Gasteiger partial charge in [-0.15, -0.1) is 0 Å². The van der Waals surface area contributed by atoms with Gasteiger partial charge in [0.2, 0.25) is 6.10 Å². The van der Waals surface area contributed by atoms with Crippen molar-refractivity contribution in [3.8, 4) is 0 Å². The topological polar surface area (TPSA) is 82.8 Å². The van der Waals surface area contributed by atoms with Crippen molar-refractivity contribution < 1.29 is 19.1 Å². The monoisotopic (exact) mass is 437 g/mol. The number of aryl methyl sites for hydroxylation is 2. The molecule has 1 aliphatic rings. The molecule has 0 radical (unpaired) electrons. The van der Waals surface area contributed by atoms with E-state index < -0.39 is 12.1 Å². The van der Waals surface area contributed by atoms with E-state index in [0.29, 0.717) is 38.4 Å². The molecule has 8 nitrogen and oxygen atoms in total. The predicted molar refractivity (Wildman–Crippen MR) is 119 cm³/mol. The number of imidazole rings is 1. The fourth-order valence-electron chi connectivity index (χ4n) is 4.03. The molecule has 8 heteroatoms. The summed E-state index contributed by atoms with van der Waals surface area (Å²) in [6, 6.07) is 16.5. The zero-order valence-corrected chi connectivity index (χ0v) is 18.1. The van der Waals surface area contributed by atoms with E-state index in [1.807, 2.05) is 49.4 Å². The number of carbonyl (C=O) groups excluding carboxylic acids is 2. The Morgan fingerprint density at radius 2 is 1.59 bits per heavy atom. The van der Waals surface area contributed by atoms with Gasteiger partial charge in [-0.2, -0.15) is 0 Å². The molecule has 1 saturated heterocycles. The summed E-state index contributed by atoms with van der Waals surface area (Å²) < 4.78 is 14.3. The number of amides is 1. The zero-order chi connectivity index (χ0) is 22.5. The Kier molecular flexibility index (Phi) is 6.70. The fraction of sp³-hybridized carbons (Fsp3) is 0.375. The molecule has 1 aliphatic heterocycles. The van der Waals surface area contributed by atoms with Gasteiger partial charge in [0, 0.05) is 31.7 Å². The number of morpholine rings is 1. The van der Waals surface area contributed by atoms with E-state index in [0.717, 1.165) is 11.0 Å². The van der Waals surface area contributed by atoms with Crippen molar-refractivity contribution in [3.05, 3.63) is 70.6 Å². The lowest BCUT2D eigenvalue weighted by molar-refractivity contribution is -0.163. The number of hydrogen-bond acceptors (Lipinski definition) is 5. The van der Waals surface area contributed by atoms with Gasteiger partial charge >= 0.3 is 11.7 Å². The van der Waals surface area contributed by atoms with Crippen LogP contribution in [-0.4, -0.2) is 52.2 Å². The van der Waals surface area contributed by atoms with Crippen LogP contribution in [-0.2, 0) is 32.2 Å². The Bertz CT molecular complexity index is 1150. The molecule has 0 spiro atoms. The largest absolute Gasteiger partial charge is 0.447 e. The minimum absolute atomic E-state index is 0.0165. The summed E-state index contributed by atoms with van der Waals surface area (Å²) in [4.78, 5) is 40.3. The highest BCUT2D eigenvalue weighted by Crippen LogP contribution is 2.22. The van der Waals surface area contributed by atoms with Gasteiger partial charge in [-0.25, -0.2) is 4.79 Å². The maximum absolute atomic E-state index is 13.1. The summed E-state index contributed by atoms with van der Waals surface area (Å²) in [6.45, 7) is 4.49. The zero-order valence-electron chi connectivity index (χ0n) is 18.1. The SMILES string of the molecule is CCn1c(=O)n(CCC(=O)O[C@H](C(=O)N2CCOCC2)c2ccccc2)c2ccccc21. The lowest BCUT2D eigenvalue weighted by Gasteiger charge is -2.30. The van der Waals surface area contributed by atoms with Gasteiger partial charge in [-0.05, 0) is 19.1 Å². The highest BCUT2D eigenvalue weighted by atomic mass is 16.5. The third-order valence-corrected chi connectivity index (χ3v) is 5.68. The molecule has 2 heterocycles. The molecule has 4 rings (SSSR count). The Morgan fingerprint density at radius 3 is 2.25 bits per heavy atom. The van der Waals surface area contributed by atoms with E-state index in [9.17, 15) is 14.4 Å². The number of rotatable bonds is 7. The third kappa shape index (κ3) is 4.45. The van der Waals surface area contributed by atoms with Crippen LogP contribution in [0.4, 0.5) is 0 Å². The maximum atomic E-state index is 13.1. The van der Waals surface area contributed by atoms with Gasteiger partial charge < -0.3 is 14.4 Å². The Labute approximate surface area is 185 Å². The second kappa shape index (κ2) is 9.82. The third-order valence-electron chi connectivity index (χ3n) is 5.68. The van der Waals surface area contributed by atoms with Crippen LogP contribution in [0.3, 0.4) is 0 Å². The standard InChI is InChI=1S/C24H27N3O5/c1-2-26-19-10-6-7-11-20(19)27(24(26)30)13-12-21(28)32-22(18-8-4-3-5-9-18)23(29)25-14-16-31-17-15-25/h3-11,22H,2,12-17H2,1H3/t22-/m0/s1. The fourth-order valence-corrected chi connectivity index (χ4v) is 4.03. The van der Waals surface area contributed by atoms with Crippen LogP contribution in [0.5, 0.6) is 0 Å². The van der Waals surface area contributed by atoms with Crippen molar-refractivity contribution in [2.75, 3.05) is 26.3 Å². The van der Waals surface area contributed by atoms with Crippen molar-refractivity contribution in [1.29, 1.82) is 0 Å². The molecule has 168 valence electrons. The van der Waals surface area contributed by atoms with Gasteiger partial charge in [0.05, 0.1) is 30.7 Å². The molecule has 0 saturated carbocycles. The molecular formula is C24H27N3O5. The average molecular weight is 437 g/mol. The summed E-state index contributed by atoms with van der Waals surface area (Å²) in [7, 11) is 0. The Balaban J connectivity index is 1.51. The van der Waals surface area contributed by atoms with E-state index >= 15 is 0 Å². The molecule has 0 bridgehead atoms. The summed E-state index contributed by atoms with van der Waals surface area (Å²) >= 11 is 0. The lowest BCUT2D eigenvalue weighted by atomic mass is 10.1. The molecule has 2 aromatic carbocycles. The molecule has 0 unspecified atom stereocenters. The second-order valence-corrected chi connectivity index (χ2v) is 7.64. The maximum Gasteiger partial charge on any atom is 0.329 e. The first kappa shape index (κ1) is 21.8. The normalized spacial score (nSPS) is 15.0. The molecule has 3 aromatic rings. The molecular weight excluding hydrogens is 410 g/mol. The van der Waals surface area contributed by atoms with Crippen molar-refractivity contribution in [2.24, 2.45) is 0 Å². The number of nitrogens with zero attached hydrogens (tertiary/aromatic N) is 3. The smallest absolute Gasteiger partial charge is 0.329 e. The van der Waals surface area contributed by atoms with Gasteiger partial charge in [0.15, 0.2) is 0 Å². The summed E-state index contributed by atoms with van der Waals surface area (Å²) in [5.41, 5.74) is 2.07. The summed E-state index contributed by atoms with van der Waals surface area (Å²) in [5, 5.41) is 0. The predicted octanol–water partition coefficient (Wildman–Crippen LogP) is 2.36. The first-order valence-corrected chi connectivity index (χ1v) is 10.9. The van der Waals surface area contributed by atoms with Crippen molar-refractivity contribution in [3.63, 3.8) is 0 Å². The number of aromatic nitrogens is 2. The number of ether oxygens (including phenoxy) is 2. The first-order valence-electron chi connectivity index (χ1n) is 10.9. The highest BCUT2D eigenvalue weighted by molar-refractivity contribution is 5.85. The molecule has 1 fully saturated rings. The van der Waals surface area contributed by atoms with Crippen LogP contribution >= 0.6 is 0 Å². The molecule has 32 heavy (non-hydrogen) atoms. The highest BCUT2D eigenvalue weighted by Gasteiger charge is 2.30. The van der Waals surface area contributed by atoms with Gasteiger partial charge in [-0.1, -0.05) is 42.5 Å². The van der Waals surface area contributed by atoms with Crippen molar-refractivity contribution in [2.45, 2.75) is 32.5 Å². The van der Waals surface area contributed by atoms with Crippen LogP contribution in [0.25, 0.3) is 11.0 Å². The van der Waals surface area contributed by atoms with Crippen LogP contribution in [0.1, 0.15) is 25.0 Å². The number of esters is 1. The van der Waals surface area contributed by atoms with Crippen LogP contribution in [0, 0.1) is 0 Å². The van der Waals surface area contributed by atoms with Crippen LogP contribution in [0.15, 0.2) is 59.4 Å². The number of fused-ring (bicyclic) bond motifs is 1. The van der Waals surface area contributed by atoms with Gasteiger partial charge in [0.25, 0.3) is 5.91 Å². The summed E-state index contributed by atoms with van der Waals surface area (Å²) in [6.07, 6.45) is -1.03. The molecule has 1 aromatic heterocycles. The van der Waals surface area contributed by atoms with E-state index in [2.05, 4.69) is 0 Å². The number of para-hydroxylation sites is 2. The van der Waals surface area contributed by atoms with Crippen molar-refractivity contribution >= 4 is 22.9 Å². The Hall–Kier alpha value is -3.39. The molecule has 0 aliphatic carbocycles. The first-order chi connectivity index (χ1) is 15.6. The number of hydrogen-bond donors (Lipinski definition) is 0. The number of carbonyl (C=O) groups is 2. The van der Waals surface area contributed by atoms with E-state index in [1.54, 1.807) is 26.2 Å². The lowest BCUT2D eigenvalue weighted by Crippen LogP contribution is -2.44. The van der Waals surface area contributed by atoms with Crippen molar-refractivity contribution in [1.82, 2.24) is 14.0 Å². The molecule has 1 atom stereocenters. The van der Waals surface area contributed by atoms with Gasteiger partial charge in [-0.3, -0.25) is 18.7 Å². The second-order valence-electron chi connectivity index (χ2n) is 7.64. The summed E-state index contributed by atoms with van der Waals surface area (Å²) in [5.74, 6) is -0.784. The van der Waals surface area contributed by atoms with E-state index in [-0.39, 0.29) is 24.6 Å². The van der Waals surface area contributed by atoms with Gasteiger partial charge in [0.1, 0.15) is 0 Å². The quantitative estimate of drug-likeness (QED) is 0.530. The minimum atomic E-state index is -1.02. The van der Waals surface area contributed by atoms with Crippen LogP contribution in [0.2, 0.25) is 0 Å². The van der Waals surface area contributed by atoms with Crippen LogP contribution < -0.4 is 5.69 Å².